The van der Waals surface area contributed by atoms with E-state index in [4.69, 9.17) is 4.74 Å². The number of amides is 1. The summed E-state index contributed by atoms with van der Waals surface area (Å²) in [5.74, 6) is -2.05. The van der Waals surface area contributed by atoms with Crippen molar-refractivity contribution in [3.63, 3.8) is 0 Å². The summed E-state index contributed by atoms with van der Waals surface area (Å²) in [6.45, 7) is 4.99. The van der Waals surface area contributed by atoms with Gasteiger partial charge in [0.05, 0.1) is 5.69 Å². The van der Waals surface area contributed by atoms with E-state index in [-0.39, 0.29) is 12.5 Å². The van der Waals surface area contributed by atoms with E-state index in [1.54, 1.807) is 69.3 Å². The molecule has 0 fully saturated rings. The van der Waals surface area contributed by atoms with Gasteiger partial charge in [-0.05, 0) is 44.0 Å². The lowest BCUT2D eigenvalue weighted by Crippen LogP contribution is -2.39. The quantitative estimate of drug-likeness (QED) is 0.652. The topological polar surface area (TPSA) is 83.9 Å². The van der Waals surface area contributed by atoms with Crippen molar-refractivity contribution in [3.05, 3.63) is 71.3 Å². The van der Waals surface area contributed by atoms with Crippen LogP contribution in [0.15, 0.2) is 54.6 Å². The van der Waals surface area contributed by atoms with Crippen molar-refractivity contribution in [1.29, 1.82) is 0 Å². The number of carbonyl (C=O) groups excluding carboxylic acids is 2. The number of carbonyl (C=O) groups is 3. The highest BCUT2D eigenvalue weighted by Crippen LogP contribution is 2.37. The largest absolute Gasteiger partial charge is 0.478 e. The van der Waals surface area contributed by atoms with E-state index in [9.17, 15) is 19.5 Å². The lowest BCUT2D eigenvalue weighted by atomic mass is 9.94. The molecule has 1 N–H and O–H groups in total. The Bertz CT molecular complexity index is 984. The van der Waals surface area contributed by atoms with Crippen molar-refractivity contribution in [3.8, 4) is 0 Å². The first-order valence-electron chi connectivity index (χ1n) is 8.84. The smallest absolute Gasteiger partial charge is 0.328 e. The second-order valence-corrected chi connectivity index (χ2v) is 7.44. The second-order valence-electron chi connectivity index (χ2n) is 7.44. The van der Waals surface area contributed by atoms with Gasteiger partial charge < -0.3 is 9.84 Å². The molecule has 0 aromatic heterocycles. The molecule has 0 atom stereocenters. The molecule has 0 saturated carbocycles. The fraction of sp³-hybridized carbons (Fsp3) is 0.227. The van der Waals surface area contributed by atoms with Crippen LogP contribution in [0.3, 0.4) is 0 Å². The van der Waals surface area contributed by atoms with Gasteiger partial charge in [-0.15, -0.1) is 0 Å². The van der Waals surface area contributed by atoms with Crippen molar-refractivity contribution in [2.45, 2.75) is 26.4 Å². The zero-order valence-electron chi connectivity index (χ0n) is 15.9. The molecule has 2 aromatic carbocycles. The number of esters is 1. The molecular weight excluding hydrogens is 358 g/mol. The molecule has 3 rings (SSSR count). The Hall–Kier alpha value is -3.41. The molecule has 28 heavy (non-hydrogen) atoms. The number of rotatable bonds is 3. The van der Waals surface area contributed by atoms with Crippen LogP contribution in [0.1, 0.15) is 42.3 Å². The molecule has 144 valence electrons. The molecule has 0 aliphatic carbocycles. The summed E-state index contributed by atoms with van der Waals surface area (Å²) < 4.78 is 5.38. The SMILES string of the molecule is CC(C)(C)OC(=O)CN1C(=O)c2ccccc2/C(=C/C(=O)O)c2ccccc21. The van der Waals surface area contributed by atoms with Crippen LogP contribution < -0.4 is 4.90 Å². The van der Waals surface area contributed by atoms with E-state index in [1.807, 2.05) is 0 Å². The van der Waals surface area contributed by atoms with Crippen molar-refractivity contribution in [2.24, 2.45) is 0 Å². The molecule has 0 saturated heterocycles. The molecule has 0 unspecified atom stereocenters. The van der Waals surface area contributed by atoms with Gasteiger partial charge in [0, 0.05) is 17.2 Å². The first-order valence-corrected chi connectivity index (χ1v) is 8.84. The maximum Gasteiger partial charge on any atom is 0.328 e. The molecule has 1 aliphatic rings. The first-order chi connectivity index (χ1) is 13.2. The number of para-hydroxylation sites is 1. The summed E-state index contributed by atoms with van der Waals surface area (Å²) in [6, 6.07) is 13.7. The summed E-state index contributed by atoms with van der Waals surface area (Å²) in [6.07, 6.45) is 1.09. The Morgan fingerprint density at radius 1 is 1.00 bits per heavy atom. The number of carboxylic acid groups (broad SMARTS) is 1. The van der Waals surface area contributed by atoms with Crippen LogP contribution in [0.2, 0.25) is 0 Å². The number of carboxylic acids is 1. The van der Waals surface area contributed by atoms with E-state index in [0.717, 1.165) is 6.08 Å². The van der Waals surface area contributed by atoms with Gasteiger partial charge in [0.25, 0.3) is 5.91 Å². The molecule has 0 radical (unpaired) electrons. The number of ether oxygens (including phenoxy) is 1. The number of anilines is 1. The van der Waals surface area contributed by atoms with Crippen LogP contribution >= 0.6 is 0 Å². The van der Waals surface area contributed by atoms with E-state index in [2.05, 4.69) is 0 Å². The third-order valence-electron chi connectivity index (χ3n) is 4.15. The number of aliphatic carboxylic acids is 1. The summed E-state index contributed by atoms with van der Waals surface area (Å²) in [7, 11) is 0. The molecular formula is C22H21NO5. The fourth-order valence-electron chi connectivity index (χ4n) is 3.18. The van der Waals surface area contributed by atoms with E-state index in [0.29, 0.717) is 28.0 Å². The molecule has 1 amide bonds. The summed E-state index contributed by atoms with van der Waals surface area (Å²) in [4.78, 5) is 38.5. The average molecular weight is 379 g/mol. The number of benzene rings is 2. The van der Waals surface area contributed by atoms with Crippen LogP contribution in [0.25, 0.3) is 5.57 Å². The minimum atomic E-state index is -1.12. The molecule has 0 bridgehead atoms. The first kappa shape index (κ1) is 19.4. The van der Waals surface area contributed by atoms with Gasteiger partial charge in [-0.1, -0.05) is 36.4 Å². The van der Waals surface area contributed by atoms with Crippen LogP contribution in [-0.2, 0) is 14.3 Å². The number of hydrogen-bond acceptors (Lipinski definition) is 4. The third kappa shape index (κ3) is 3.96. The van der Waals surface area contributed by atoms with Gasteiger partial charge in [-0.3, -0.25) is 14.5 Å². The molecule has 1 aliphatic heterocycles. The maximum absolute atomic E-state index is 13.3. The number of hydrogen-bond donors (Lipinski definition) is 1. The second kappa shape index (κ2) is 7.31. The van der Waals surface area contributed by atoms with Crippen molar-refractivity contribution < 1.29 is 24.2 Å². The van der Waals surface area contributed by atoms with Crippen molar-refractivity contribution in [2.75, 3.05) is 11.4 Å². The van der Waals surface area contributed by atoms with Gasteiger partial charge in [0.15, 0.2) is 0 Å². The van der Waals surface area contributed by atoms with Crippen LogP contribution in [0, 0.1) is 0 Å². The van der Waals surface area contributed by atoms with E-state index >= 15 is 0 Å². The van der Waals surface area contributed by atoms with Crippen molar-refractivity contribution >= 4 is 29.1 Å². The monoisotopic (exact) mass is 379 g/mol. The summed E-state index contributed by atoms with van der Waals surface area (Å²) in [5, 5.41) is 9.36. The zero-order chi connectivity index (χ0) is 20.5. The third-order valence-corrected chi connectivity index (χ3v) is 4.15. The normalized spacial score (nSPS) is 14.9. The average Bonchev–Trinajstić information content (AvgIpc) is 2.70. The molecule has 2 aromatic rings. The van der Waals surface area contributed by atoms with Gasteiger partial charge in [-0.25, -0.2) is 4.79 Å². The lowest BCUT2D eigenvalue weighted by molar-refractivity contribution is -0.152. The molecule has 6 heteroatoms. The van der Waals surface area contributed by atoms with Gasteiger partial charge in [0.2, 0.25) is 0 Å². The molecule has 6 nitrogen and oxygen atoms in total. The number of fused-ring (bicyclic) bond motifs is 2. The molecule has 0 spiro atoms. The van der Waals surface area contributed by atoms with Crippen LogP contribution in [0.4, 0.5) is 5.69 Å². The van der Waals surface area contributed by atoms with E-state index in [1.165, 1.54) is 4.90 Å². The molecule has 1 heterocycles. The number of nitrogens with zero attached hydrogens (tertiary/aromatic N) is 1. The summed E-state index contributed by atoms with van der Waals surface area (Å²) >= 11 is 0. The Morgan fingerprint density at radius 2 is 1.57 bits per heavy atom. The predicted octanol–water partition coefficient (Wildman–Crippen LogP) is 3.50. The van der Waals surface area contributed by atoms with Crippen LogP contribution in [0.5, 0.6) is 0 Å². The predicted molar refractivity (Wildman–Crippen MR) is 105 cm³/mol. The highest BCUT2D eigenvalue weighted by molar-refractivity contribution is 6.16. The van der Waals surface area contributed by atoms with Crippen LogP contribution in [-0.4, -0.2) is 35.1 Å². The highest BCUT2D eigenvalue weighted by atomic mass is 16.6. The minimum Gasteiger partial charge on any atom is -0.478 e. The van der Waals surface area contributed by atoms with Gasteiger partial charge >= 0.3 is 11.9 Å². The zero-order valence-corrected chi connectivity index (χ0v) is 15.9. The summed E-state index contributed by atoms with van der Waals surface area (Å²) in [5.41, 5.74) is 1.59. The van der Waals surface area contributed by atoms with Gasteiger partial charge in [0.1, 0.15) is 12.1 Å². The maximum atomic E-state index is 13.3. The highest BCUT2D eigenvalue weighted by Gasteiger charge is 2.31. The minimum absolute atomic E-state index is 0.276. The fourth-order valence-corrected chi connectivity index (χ4v) is 3.18. The Balaban J connectivity index is 2.18. The Morgan fingerprint density at radius 3 is 2.18 bits per heavy atom. The van der Waals surface area contributed by atoms with Crippen molar-refractivity contribution in [1.82, 2.24) is 0 Å². The van der Waals surface area contributed by atoms with Gasteiger partial charge in [-0.2, -0.15) is 0 Å². The van der Waals surface area contributed by atoms with E-state index < -0.39 is 17.5 Å². The Kier molecular flexibility index (Phi) is 5.05. The lowest BCUT2D eigenvalue weighted by Gasteiger charge is -2.25. The standard InChI is InChI=1S/C22H21NO5/c1-22(2,3)28-20(26)13-23-18-11-7-6-9-15(18)17(12-19(24)25)14-8-4-5-10-16(14)21(23)27/h4-12H,13H2,1-3H3,(H,24,25)/b17-12-. The Labute approximate surface area is 163 Å².